The van der Waals surface area contributed by atoms with Gasteiger partial charge in [-0.3, -0.25) is 9.62 Å². The third-order valence-electron chi connectivity index (χ3n) is 7.50. The van der Waals surface area contributed by atoms with E-state index in [0.29, 0.717) is 16.5 Å². The number of hydrogen-bond donors (Lipinski definition) is 1. The molecular weight excluding hydrogens is 430 g/mol. The molecule has 180 valence electrons. The van der Waals surface area contributed by atoms with E-state index in [9.17, 15) is 8.42 Å². The molecule has 2 aromatic rings. The van der Waals surface area contributed by atoms with Crippen LogP contribution in [0, 0.1) is 6.92 Å². The number of nitrogens with one attached hydrogen (secondary N) is 1. The molecule has 5 nitrogen and oxygen atoms in total. The topological polar surface area (TPSA) is 52.7 Å². The number of sulfonamides is 1. The maximum atomic E-state index is 13.1. The number of likely N-dealkylation sites (tertiary alicyclic amines) is 2. The van der Waals surface area contributed by atoms with Crippen LogP contribution in [0.5, 0.6) is 0 Å². The Hall–Kier alpha value is -1.89. The number of hydrogen-bond acceptors (Lipinski definition) is 4. The summed E-state index contributed by atoms with van der Waals surface area (Å²) < 4.78 is 29.1. The molecule has 2 saturated heterocycles. The molecule has 0 bridgehead atoms. The zero-order chi connectivity index (χ0) is 23.6. The Morgan fingerprint density at radius 2 is 1.64 bits per heavy atom. The first-order valence-corrected chi connectivity index (χ1v) is 13.9. The highest BCUT2D eigenvalue weighted by molar-refractivity contribution is 7.92. The fourth-order valence-corrected chi connectivity index (χ4v) is 6.60. The van der Waals surface area contributed by atoms with Crippen molar-refractivity contribution in [1.82, 2.24) is 9.80 Å². The number of nitrogens with zero attached hydrogens (tertiary/aromatic N) is 2. The van der Waals surface area contributed by atoms with Gasteiger partial charge in [0.05, 0.1) is 4.90 Å². The number of rotatable bonds is 7. The third kappa shape index (κ3) is 5.61. The number of anilines is 1. The van der Waals surface area contributed by atoms with E-state index < -0.39 is 10.0 Å². The van der Waals surface area contributed by atoms with E-state index in [0.717, 1.165) is 30.3 Å². The van der Waals surface area contributed by atoms with Crippen LogP contribution in [-0.4, -0.2) is 50.4 Å². The smallest absolute Gasteiger partial charge is 0.261 e. The molecule has 0 spiro atoms. The number of benzene rings is 2. The van der Waals surface area contributed by atoms with Gasteiger partial charge < -0.3 is 4.90 Å². The lowest BCUT2D eigenvalue weighted by atomic mass is 9.98. The van der Waals surface area contributed by atoms with Crippen LogP contribution in [0.25, 0.3) is 0 Å². The quantitative estimate of drug-likeness (QED) is 0.578. The van der Waals surface area contributed by atoms with Crippen LogP contribution >= 0.6 is 0 Å². The van der Waals surface area contributed by atoms with E-state index in [1.54, 1.807) is 6.07 Å². The monoisotopic (exact) mass is 469 g/mol. The summed E-state index contributed by atoms with van der Waals surface area (Å²) in [7, 11) is -3.64. The van der Waals surface area contributed by atoms with Crippen LogP contribution in [0.4, 0.5) is 5.69 Å². The summed E-state index contributed by atoms with van der Waals surface area (Å²) >= 11 is 0. The highest BCUT2D eigenvalue weighted by Crippen LogP contribution is 2.29. The Bertz CT molecular complexity index is 1050. The first-order valence-electron chi connectivity index (χ1n) is 12.5. The second-order valence-electron chi connectivity index (χ2n) is 10.1. The fraction of sp³-hybridized carbons (Fsp3) is 0.556. The molecule has 2 heterocycles. The first-order chi connectivity index (χ1) is 15.7. The molecule has 2 aliphatic rings. The van der Waals surface area contributed by atoms with Gasteiger partial charge in [-0.15, -0.1) is 0 Å². The normalized spacial score (nSPS) is 19.8. The van der Waals surface area contributed by atoms with Gasteiger partial charge >= 0.3 is 0 Å². The van der Waals surface area contributed by atoms with Crippen LogP contribution in [0.3, 0.4) is 0 Å². The second kappa shape index (κ2) is 10.2. The Kier molecular flexibility index (Phi) is 7.46. The average Bonchev–Trinajstić information content (AvgIpc) is 3.33. The summed E-state index contributed by atoms with van der Waals surface area (Å²) in [5.74, 6) is 0.411. The summed E-state index contributed by atoms with van der Waals surface area (Å²) in [6.07, 6.45) is 5.09. The Morgan fingerprint density at radius 3 is 2.27 bits per heavy atom. The lowest BCUT2D eigenvalue weighted by Gasteiger charge is -2.39. The van der Waals surface area contributed by atoms with Crippen molar-refractivity contribution in [1.29, 1.82) is 0 Å². The van der Waals surface area contributed by atoms with Gasteiger partial charge in [0, 0.05) is 30.9 Å². The molecule has 0 aromatic heterocycles. The predicted molar refractivity (Wildman–Crippen MR) is 136 cm³/mol. The largest absolute Gasteiger partial charge is 0.300 e. The lowest BCUT2D eigenvalue weighted by Crippen LogP contribution is -2.44. The van der Waals surface area contributed by atoms with Gasteiger partial charge in [0.25, 0.3) is 10.0 Å². The number of piperidine rings is 1. The van der Waals surface area contributed by atoms with E-state index in [2.05, 4.69) is 41.4 Å². The van der Waals surface area contributed by atoms with Gasteiger partial charge in [0.1, 0.15) is 0 Å². The van der Waals surface area contributed by atoms with E-state index in [4.69, 9.17) is 0 Å². The fourth-order valence-electron chi connectivity index (χ4n) is 5.50. The van der Waals surface area contributed by atoms with E-state index in [1.807, 2.05) is 37.3 Å². The van der Waals surface area contributed by atoms with Gasteiger partial charge in [-0.2, -0.15) is 0 Å². The van der Waals surface area contributed by atoms with Crippen LogP contribution in [-0.2, 0) is 10.0 Å². The molecule has 6 heteroatoms. The molecule has 2 aromatic carbocycles. The highest BCUT2D eigenvalue weighted by Gasteiger charge is 2.29. The molecule has 0 saturated carbocycles. The van der Waals surface area contributed by atoms with Crippen LogP contribution < -0.4 is 4.72 Å². The van der Waals surface area contributed by atoms with Crippen LogP contribution in [0.2, 0.25) is 0 Å². The molecule has 0 aliphatic carbocycles. The van der Waals surface area contributed by atoms with E-state index in [1.165, 1.54) is 44.3 Å². The number of aryl methyl sites for hydroxylation is 1. The SMILES string of the molecule is Cc1cc(NS(=O)(=O)c2cccc(C(C)N3CCC(N4CCCC4)CC3)c2)ccc1C(C)C. The van der Waals surface area contributed by atoms with E-state index in [-0.39, 0.29) is 6.04 Å². The maximum Gasteiger partial charge on any atom is 0.261 e. The zero-order valence-corrected chi connectivity index (χ0v) is 21.4. The Labute approximate surface area is 200 Å². The van der Waals surface area contributed by atoms with Crippen molar-refractivity contribution >= 4 is 15.7 Å². The van der Waals surface area contributed by atoms with Crippen LogP contribution in [0.15, 0.2) is 47.4 Å². The minimum absolute atomic E-state index is 0.201. The summed E-state index contributed by atoms with van der Waals surface area (Å²) in [6.45, 7) is 13.2. The standard InChI is InChI=1S/C27H39N3O2S/c1-20(2)27-11-10-24(18-21(27)3)28-33(31,32)26-9-7-8-23(19-26)22(4)29-16-12-25(13-17-29)30-14-5-6-15-30/h7-11,18-20,22,25,28H,5-6,12-17H2,1-4H3. The van der Waals surface area contributed by atoms with Gasteiger partial charge in [-0.25, -0.2) is 8.42 Å². The highest BCUT2D eigenvalue weighted by atomic mass is 32.2. The minimum Gasteiger partial charge on any atom is -0.300 e. The summed E-state index contributed by atoms with van der Waals surface area (Å²) in [5.41, 5.74) is 4.01. The summed E-state index contributed by atoms with van der Waals surface area (Å²) in [4.78, 5) is 5.49. The average molecular weight is 470 g/mol. The van der Waals surface area contributed by atoms with Crippen molar-refractivity contribution in [3.05, 3.63) is 59.2 Å². The maximum absolute atomic E-state index is 13.1. The van der Waals surface area contributed by atoms with Gasteiger partial charge in [-0.05, 0) is 99.5 Å². The molecule has 33 heavy (non-hydrogen) atoms. The van der Waals surface area contributed by atoms with Gasteiger partial charge in [0.2, 0.25) is 0 Å². The third-order valence-corrected chi connectivity index (χ3v) is 8.88. The predicted octanol–water partition coefficient (Wildman–Crippen LogP) is 5.54. The van der Waals surface area contributed by atoms with E-state index >= 15 is 0 Å². The van der Waals surface area contributed by atoms with Crippen LogP contribution in [0.1, 0.15) is 75.1 Å². The van der Waals surface area contributed by atoms with Crippen molar-refractivity contribution in [3.63, 3.8) is 0 Å². The Morgan fingerprint density at radius 1 is 0.939 bits per heavy atom. The molecule has 4 rings (SSSR count). The van der Waals surface area contributed by atoms with Crippen molar-refractivity contribution in [3.8, 4) is 0 Å². The Balaban J connectivity index is 1.44. The van der Waals surface area contributed by atoms with Crippen molar-refractivity contribution in [2.24, 2.45) is 0 Å². The molecule has 1 unspecified atom stereocenters. The molecule has 1 atom stereocenters. The lowest BCUT2D eigenvalue weighted by molar-refractivity contribution is 0.101. The summed E-state index contributed by atoms with van der Waals surface area (Å²) in [5, 5.41) is 0. The molecule has 2 aliphatic heterocycles. The van der Waals surface area contributed by atoms with Gasteiger partial charge in [0.15, 0.2) is 0 Å². The molecule has 0 amide bonds. The van der Waals surface area contributed by atoms with Crippen molar-refractivity contribution in [2.45, 2.75) is 76.3 Å². The molecule has 0 radical (unpaired) electrons. The van der Waals surface area contributed by atoms with Crippen molar-refractivity contribution in [2.75, 3.05) is 30.9 Å². The second-order valence-corrected chi connectivity index (χ2v) is 11.8. The first kappa shape index (κ1) is 24.2. The minimum atomic E-state index is -3.64. The zero-order valence-electron chi connectivity index (χ0n) is 20.5. The molecule has 1 N–H and O–H groups in total. The molecule has 2 fully saturated rings. The van der Waals surface area contributed by atoms with Gasteiger partial charge in [-0.1, -0.05) is 32.0 Å². The van der Waals surface area contributed by atoms with Crippen molar-refractivity contribution < 1.29 is 8.42 Å². The molecular formula is C27H39N3O2S. The summed E-state index contributed by atoms with van der Waals surface area (Å²) in [6, 6.07) is 14.2.